The summed E-state index contributed by atoms with van der Waals surface area (Å²) in [5, 5.41) is 10.6. The van der Waals surface area contributed by atoms with Crippen LogP contribution in [0.1, 0.15) is 21.6 Å². The van der Waals surface area contributed by atoms with Crippen molar-refractivity contribution >= 4 is 27.3 Å². The van der Waals surface area contributed by atoms with Crippen LogP contribution >= 0.6 is 11.3 Å². The second-order valence-corrected chi connectivity index (χ2v) is 7.39. The maximum absolute atomic E-state index is 13.2. The lowest BCUT2D eigenvalue weighted by molar-refractivity contribution is -0.137. The number of hydrogen-bond acceptors (Lipinski definition) is 4. The van der Waals surface area contributed by atoms with Gasteiger partial charge in [-0.15, -0.1) is 16.4 Å². The molecule has 148 valence electrons. The lowest BCUT2D eigenvalue weighted by Gasteiger charge is -2.15. The van der Waals surface area contributed by atoms with Gasteiger partial charge in [0.25, 0.3) is 5.91 Å². The number of halogens is 3. The molecule has 0 aliphatic heterocycles. The number of rotatable bonds is 4. The Bertz CT molecular complexity index is 1180. The molecule has 2 heterocycles. The van der Waals surface area contributed by atoms with Crippen molar-refractivity contribution in [1.29, 1.82) is 0 Å². The number of alkyl halides is 3. The molecule has 5 nitrogen and oxygen atoms in total. The molecule has 9 heteroatoms. The fraction of sp³-hybridized carbons (Fsp3) is 0.150. The topological polar surface area (TPSA) is 51.0 Å². The number of carbonyl (C=O) groups excluding carboxylic acids is 1. The molecule has 29 heavy (non-hydrogen) atoms. The van der Waals surface area contributed by atoms with Crippen LogP contribution < -0.4 is 0 Å². The van der Waals surface area contributed by atoms with Crippen LogP contribution in [-0.4, -0.2) is 32.8 Å². The molecule has 0 aliphatic rings. The number of fused-ring (bicyclic) bond motifs is 1. The molecule has 0 fully saturated rings. The van der Waals surface area contributed by atoms with Gasteiger partial charge in [-0.05, 0) is 34.5 Å². The van der Waals surface area contributed by atoms with E-state index in [1.54, 1.807) is 18.4 Å². The average Bonchev–Trinajstić information content (AvgIpc) is 3.35. The largest absolute Gasteiger partial charge is 0.418 e. The molecule has 1 amide bonds. The average molecular weight is 416 g/mol. The molecule has 0 atom stereocenters. The van der Waals surface area contributed by atoms with Crippen LogP contribution in [0.2, 0.25) is 0 Å². The Morgan fingerprint density at radius 2 is 1.86 bits per heavy atom. The minimum Gasteiger partial charge on any atom is -0.336 e. The Labute approximate surface area is 168 Å². The van der Waals surface area contributed by atoms with Gasteiger partial charge in [-0.25, -0.2) is 4.68 Å². The molecule has 0 N–H and O–H groups in total. The van der Waals surface area contributed by atoms with Crippen molar-refractivity contribution in [3.63, 3.8) is 0 Å². The zero-order valence-corrected chi connectivity index (χ0v) is 16.0. The van der Waals surface area contributed by atoms with Gasteiger partial charge < -0.3 is 4.90 Å². The van der Waals surface area contributed by atoms with Crippen molar-refractivity contribution in [2.45, 2.75) is 12.7 Å². The van der Waals surface area contributed by atoms with E-state index in [-0.39, 0.29) is 11.4 Å². The van der Waals surface area contributed by atoms with Crippen molar-refractivity contribution in [3.8, 4) is 5.69 Å². The lowest BCUT2D eigenvalue weighted by atomic mass is 10.1. The van der Waals surface area contributed by atoms with Crippen LogP contribution in [0.25, 0.3) is 15.8 Å². The highest BCUT2D eigenvalue weighted by atomic mass is 32.1. The predicted molar refractivity (Wildman–Crippen MR) is 104 cm³/mol. The van der Waals surface area contributed by atoms with Crippen molar-refractivity contribution in [3.05, 3.63) is 76.9 Å². The van der Waals surface area contributed by atoms with E-state index in [0.717, 1.165) is 26.4 Å². The monoisotopic (exact) mass is 416 g/mol. The summed E-state index contributed by atoms with van der Waals surface area (Å²) in [7, 11) is 1.62. The third kappa shape index (κ3) is 3.73. The van der Waals surface area contributed by atoms with E-state index in [1.807, 2.05) is 29.6 Å². The van der Waals surface area contributed by atoms with Gasteiger partial charge in [0.15, 0.2) is 5.69 Å². The van der Waals surface area contributed by atoms with Crippen LogP contribution in [0.15, 0.2) is 60.1 Å². The van der Waals surface area contributed by atoms with Crippen LogP contribution in [0.4, 0.5) is 13.2 Å². The number of para-hydroxylation sites is 1. The Hall–Kier alpha value is -3.20. The minimum absolute atomic E-state index is 0.0241. The maximum atomic E-state index is 13.2. The van der Waals surface area contributed by atoms with Crippen LogP contribution in [-0.2, 0) is 12.7 Å². The number of nitrogens with zero attached hydrogens (tertiary/aromatic N) is 4. The first-order valence-corrected chi connectivity index (χ1v) is 9.52. The highest BCUT2D eigenvalue weighted by molar-refractivity contribution is 7.17. The fourth-order valence-electron chi connectivity index (χ4n) is 3.07. The molecule has 2 aromatic heterocycles. The zero-order chi connectivity index (χ0) is 20.6. The van der Waals surface area contributed by atoms with E-state index in [4.69, 9.17) is 0 Å². The maximum Gasteiger partial charge on any atom is 0.418 e. The van der Waals surface area contributed by atoms with E-state index in [1.165, 1.54) is 29.3 Å². The van der Waals surface area contributed by atoms with Gasteiger partial charge in [0.05, 0.1) is 17.4 Å². The smallest absolute Gasteiger partial charge is 0.336 e. The van der Waals surface area contributed by atoms with E-state index in [0.29, 0.717) is 6.54 Å². The molecular weight excluding hydrogens is 401 g/mol. The van der Waals surface area contributed by atoms with E-state index >= 15 is 0 Å². The molecule has 0 bridgehead atoms. The number of benzene rings is 2. The van der Waals surface area contributed by atoms with E-state index < -0.39 is 17.6 Å². The summed E-state index contributed by atoms with van der Waals surface area (Å²) in [6.45, 7) is 0.356. The van der Waals surface area contributed by atoms with Gasteiger partial charge in [-0.3, -0.25) is 4.79 Å². The standard InChI is InChI=1S/C20H15F3N4OS/c1-26(10-13-12-29-18-9-5-2-6-14(13)18)19(28)16-11-27(25-24-16)17-8-4-3-7-15(17)20(21,22)23/h2-9,11-12H,10H2,1H3. The third-order valence-corrected chi connectivity index (χ3v) is 5.50. The Morgan fingerprint density at radius 1 is 1.14 bits per heavy atom. The summed E-state index contributed by atoms with van der Waals surface area (Å²) in [6.07, 6.45) is -3.32. The molecule has 0 spiro atoms. The van der Waals surface area contributed by atoms with Gasteiger partial charge in [0, 0.05) is 18.3 Å². The van der Waals surface area contributed by atoms with Crippen LogP contribution in [0, 0.1) is 0 Å². The zero-order valence-electron chi connectivity index (χ0n) is 15.2. The highest BCUT2D eigenvalue weighted by Crippen LogP contribution is 2.33. The van der Waals surface area contributed by atoms with Gasteiger partial charge in [0.2, 0.25) is 0 Å². The van der Waals surface area contributed by atoms with Gasteiger partial charge in [-0.1, -0.05) is 35.5 Å². The molecule has 0 unspecified atom stereocenters. The van der Waals surface area contributed by atoms with Crippen molar-refractivity contribution in [1.82, 2.24) is 19.9 Å². The highest BCUT2D eigenvalue weighted by Gasteiger charge is 2.34. The second kappa shape index (κ2) is 7.32. The minimum atomic E-state index is -4.54. The molecule has 0 saturated heterocycles. The third-order valence-electron chi connectivity index (χ3n) is 4.48. The molecule has 0 saturated carbocycles. The Kier molecular flexibility index (Phi) is 4.83. The number of thiophene rings is 1. The number of aromatic nitrogens is 3. The Balaban J connectivity index is 1.58. The first kappa shape index (κ1) is 19.1. The van der Waals surface area contributed by atoms with E-state index in [9.17, 15) is 18.0 Å². The van der Waals surface area contributed by atoms with Crippen molar-refractivity contribution in [2.75, 3.05) is 7.05 Å². The first-order valence-electron chi connectivity index (χ1n) is 8.64. The summed E-state index contributed by atoms with van der Waals surface area (Å²) < 4.78 is 41.8. The summed E-state index contributed by atoms with van der Waals surface area (Å²) >= 11 is 1.59. The van der Waals surface area contributed by atoms with Gasteiger partial charge >= 0.3 is 6.18 Å². The van der Waals surface area contributed by atoms with Crippen molar-refractivity contribution < 1.29 is 18.0 Å². The number of carbonyl (C=O) groups is 1. The SMILES string of the molecule is CN(Cc1csc2ccccc12)C(=O)c1cn(-c2ccccc2C(F)(F)F)nn1. The summed E-state index contributed by atoms with van der Waals surface area (Å²) in [5.74, 6) is -0.420. The quantitative estimate of drug-likeness (QED) is 0.481. The first-order chi connectivity index (χ1) is 13.8. The van der Waals surface area contributed by atoms with Crippen LogP contribution in [0.5, 0.6) is 0 Å². The predicted octanol–water partition coefficient (Wildman–Crippen LogP) is 4.77. The number of hydrogen-bond donors (Lipinski definition) is 0. The normalized spacial score (nSPS) is 11.7. The lowest BCUT2D eigenvalue weighted by Crippen LogP contribution is -2.26. The second-order valence-electron chi connectivity index (χ2n) is 6.48. The van der Waals surface area contributed by atoms with Gasteiger partial charge in [-0.2, -0.15) is 13.2 Å². The van der Waals surface area contributed by atoms with Crippen LogP contribution in [0.3, 0.4) is 0 Å². The fourth-order valence-corrected chi connectivity index (χ4v) is 4.02. The molecule has 4 aromatic rings. The molecule has 0 radical (unpaired) electrons. The molecule has 2 aromatic carbocycles. The molecular formula is C20H15F3N4OS. The summed E-state index contributed by atoms with van der Waals surface area (Å²) in [5.41, 5.74) is -0.0553. The number of amides is 1. The molecule has 4 rings (SSSR count). The van der Waals surface area contributed by atoms with E-state index in [2.05, 4.69) is 10.3 Å². The molecule has 0 aliphatic carbocycles. The van der Waals surface area contributed by atoms with Crippen molar-refractivity contribution in [2.24, 2.45) is 0 Å². The summed E-state index contributed by atoms with van der Waals surface area (Å²) in [6, 6.07) is 12.9. The summed E-state index contributed by atoms with van der Waals surface area (Å²) in [4.78, 5) is 14.2. The Morgan fingerprint density at radius 3 is 2.66 bits per heavy atom. The van der Waals surface area contributed by atoms with Gasteiger partial charge in [0.1, 0.15) is 0 Å².